The molecule has 0 spiro atoms. The molecule has 116 valence electrons. The lowest BCUT2D eigenvalue weighted by atomic mass is 9.85. The van der Waals surface area contributed by atoms with Crippen LogP contribution in [0, 0.1) is 5.41 Å². The van der Waals surface area contributed by atoms with E-state index >= 15 is 0 Å². The first-order valence-electron chi connectivity index (χ1n) is 6.49. The summed E-state index contributed by atoms with van der Waals surface area (Å²) in [6, 6.07) is 0. The van der Waals surface area contributed by atoms with Crippen molar-refractivity contribution in [2.45, 2.75) is 60.0 Å². The molecule has 0 heterocycles. The zero-order valence-corrected chi connectivity index (χ0v) is 12.9. The van der Waals surface area contributed by atoms with Crippen LogP contribution in [0.1, 0.15) is 54.4 Å². The standard InChI is InChI=1S/C14H24O6/c1-7-8-14(5,6)20-19-10(12(17)18)9(11(15)16)13(2,3)4/h7-8H2,1-6H3,(H,15,16)(H,17,18)/b10-9+. The first-order chi connectivity index (χ1) is 8.92. The fourth-order valence-electron chi connectivity index (χ4n) is 1.74. The van der Waals surface area contributed by atoms with Crippen LogP contribution < -0.4 is 0 Å². The van der Waals surface area contributed by atoms with Gasteiger partial charge < -0.3 is 15.1 Å². The molecule has 0 aliphatic carbocycles. The van der Waals surface area contributed by atoms with Gasteiger partial charge in [-0.25, -0.2) is 9.59 Å². The van der Waals surface area contributed by atoms with Crippen LogP contribution in [0.2, 0.25) is 0 Å². The van der Waals surface area contributed by atoms with E-state index in [0.717, 1.165) is 6.42 Å². The molecule has 0 aliphatic heterocycles. The minimum atomic E-state index is -1.47. The van der Waals surface area contributed by atoms with Crippen LogP contribution in [0.5, 0.6) is 0 Å². The summed E-state index contributed by atoms with van der Waals surface area (Å²) in [7, 11) is 0. The molecule has 20 heavy (non-hydrogen) atoms. The van der Waals surface area contributed by atoms with E-state index in [1.165, 1.54) is 0 Å². The normalized spacial score (nSPS) is 13.7. The van der Waals surface area contributed by atoms with Gasteiger partial charge in [-0.05, 0) is 25.7 Å². The molecule has 0 aromatic heterocycles. The molecule has 6 nitrogen and oxygen atoms in total. The Kier molecular flexibility index (Phi) is 6.22. The number of carbonyl (C=O) groups is 2. The summed E-state index contributed by atoms with van der Waals surface area (Å²) in [5, 5.41) is 18.4. The van der Waals surface area contributed by atoms with Gasteiger partial charge in [-0.2, -0.15) is 4.89 Å². The highest BCUT2D eigenvalue weighted by atomic mass is 17.2. The minimum Gasteiger partial charge on any atom is -0.478 e. The Morgan fingerprint density at radius 2 is 1.50 bits per heavy atom. The van der Waals surface area contributed by atoms with E-state index in [-0.39, 0.29) is 5.57 Å². The molecule has 2 N–H and O–H groups in total. The Hall–Kier alpha value is -1.56. The zero-order chi connectivity index (χ0) is 16.1. The fraction of sp³-hybridized carbons (Fsp3) is 0.714. The van der Waals surface area contributed by atoms with Gasteiger partial charge in [0.15, 0.2) is 0 Å². The highest BCUT2D eigenvalue weighted by Crippen LogP contribution is 2.30. The van der Waals surface area contributed by atoms with Crippen molar-refractivity contribution >= 4 is 11.9 Å². The number of carboxylic acids is 2. The minimum absolute atomic E-state index is 0.336. The fourth-order valence-corrected chi connectivity index (χ4v) is 1.74. The van der Waals surface area contributed by atoms with Gasteiger partial charge in [0.1, 0.15) is 5.60 Å². The molecular weight excluding hydrogens is 264 g/mol. The van der Waals surface area contributed by atoms with Crippen LogP contribution in [0.25, 0.3) is 0 Å². The Labute approximate surface area is 119 Å². The lowest BCUT2D eigenvalue weighted by Crippen LogP contribution is -2.28. The monoisotopic (exact) mass is 288 g/mol. The van der Waals surface area contributed by atoms with Gasteiger partial charge in [-0.3, -0.25) is 0 Å². The molecule has 0 saturated carbocycles. The van der Waals surface area contributed by atoms with Crippen LogP contribution >= 0.6 is 0 Å². The molecule has 0 bridgehead atoms. The van der Waals surface area contributed by atoms with E-state index in [1.54, 1.807) is 34.6 Å². The predicted octanol–water partition coefficient (Wildman–Crippen LogP) is 2.98. The Bertz CT molecular complexity index is 400. The summed E-state index contributed by atoms with van der Waals surface area (Å²) in [4.78, 5) is 32.5. The summed E-state index contributed by atoms with van der Waals surface area (Å²) in [6.07, 6.45) is 1.48. The van der Waals surface area contributed by atoms with Gasteiger partial charge in [-0.15, -0.1) is 0 Å². The van der Waals surface area contributed by atoms with Crippen molar-refractivity contribution in [2.24, 2.45) is 5.41 Å². The largest absolute Gasteiger partial charge is 0.478 e. The predicted molar refractivity (Wildman–Crippen MR) is 72.9 cm³/mol. The number of rotatable bonds is 7. The molecular formula is C14H24O6. The van der Waals surface area contributed by atoms with Crippen LogP contribution in [0.3, 0.4) is 0 Å². The maximum absolute atomic E-state index is 11.3. The third-order valence-corrected chi connectivity index (χ3v) is 2.59. The first kappa shape index (κ1) is 18.4. The van der Waals surface area contributed by atoms with Crippen molar-refractivity contribution in [1.29, 1.82) is 0 Å². The quantitative estimate of drug-likeness (QED) is 0.324. The Balaban J connectivity index is 5.44. The second kappa shape index (κ2) is 6.74. The third kappa shape index (κ3) is 5.61. The average Bonchev–Trinajstić information content (AvgIpc) is 2.20. The number of hydrogen-bond acceptors (Lipinski definition) is 4. The van der Waals surface area contributed by atoms with Gasteiger partial charge in [0.25, 0.3) is 5.76 Å². The molecule has 0 aromatic rings. The van der Waals surface area contributed by atoms with E-state index in [2.05, 4.69) is 0 Å². The molecule has 0 atom stereocenters. The average molecular weight is 288 g/mol. The summed E-state index contributed by atoms with van der Waals surface area (Å²) in [5.74, 6) is -3.49. The molecule has 6 heteroatoms. The van der Waals surface area contributed by atoms with Crippen molar-refractivity contribution in [2.75, 3.05) is 0 Å². The maximum Gasteiger partial charge on any atom is 0.375 e. The van der Waals surface area contributed by atoms with Gasteiger partial charge in [0.05, 0.1) is 5.57 Å². The smallest absolute Gasteiger partial charge is 0.375 e. The summed E-state index contributed by atoms with van der Waals surface area (Å²) in [5.41, 5.74) is -1.92. The van der Waals surface area contributed by atoms with Crippen molar-refractivity contribution in [3.63, 3.8) is 0 Å². The Morgan fingerprint density at radius 1 is 1.00 bits per heavy atom. The van der Waals surface area contributed by atoms with Gasteiger partial charge in [-0.1, -0.05) is 34.1 Å². The summed E-state index contributed by atoms with van der Waals surface area (Å²) >= 11 is 0. The van der Waals surface area contributed by atoms with E-state index in [4.69, 9.17) is 14.9 Å². The first-order valence-corrected chi connectivity index (χ1v) is 6.49. The molecule has 0 aromatic carbocycles. The van der Waals surface area contributed by atoms with Crippen LogP contribution in [-0.2, 0) is 19.4 Å². The maximum atomic E-state index is 11.3. The molecule has 0 unspecified atom stereocenters. The molecule has 0 fully saturated rings. The topological polar surface area (TPSA) is 93.1 Å². The van der Waals surface area contributed by atoms with Crippen LogP contribution in [0.15, 0.2) is 11.3 Å². The van der Waals surface area contributed by atoms with Crippen LogP contribution in [0.4, 0.5) is 0 Å². The highest BCUT2D eigenvalue weighted by Gasteiger charge is 2.34. The SMILES string of the molecule is CCCC(C)(C)OO/C(C(=O)O)=C(\C(=O)O)C(C)(C)C. The lowest BCUT2D eigenvalue weighted by Gasteiger charge is -2.25. The molecule has 0 aliphatic rings. The number of aliphatic carboxylic acids is 2. The number of hydrogen-bond donors (Lipinski definition) is 2. The highest BCUT2D eigenvalue weighted by molar-refractivity contribution is 5.98. The van der Waals surface area contributed by atoms with Crippen molar-refractivity contribution in [1.82, 2.24) is 0 Å². The van der Waals surface area contributed by atoms with Crippen molar-refractivity contribution < 1.29 is 29.6 Å². The van der Waals surface area contributed by atoms with Crippen LogP contribution in [-0.4, -0.2) is 27.8 Å². The van der Waals surface area contributed by atoms with Gasteiger partial charge in [0.2, 0.25) is 0 Å². The molecule has 0 radical (unpaired) electrons. The molecule has 0 saturated heterocycles. The number of carboxylic acid groups (broad SMARTS) is 2. The summed E-state index contributed by atoms with van der Waals surface area (Å²) < 4.78 is 0. The van der Waals surface area contributed by atoms with Gasteiger partial charge in [0, 0.05) is 0 Å². The second-order valence-electron chi connectivity index (χ2n) is 6.24. The van der Waals surface area contributed by atoms with E-state index in [9.17, 15) is 14.7 Å². The zero-order valence-electron chi connectivity index (χ0n) is 12.9. The van der Waals surface area contributed by atoms with E-state index in [1.807, 2.05) is 6.92 Å². The van der Waals surface area contributed by atoms with Gasteiger partial charge >= 0.3 is 11.9 Å². The third-order valence-electron chi connectivity index (χ3n) is 2.59. The van der Waals surface area contributed by atoms with Crippen molar-refractivity contribution in [3.8, 4) is 0 Å². The van der Waals surface area contributed by atoms with E-state index < -0.39 is 28.7 Å². The second-order valence-corrected chi connectivity index (χ2v) is 6.24. The Morgan fingerprint density at radius 3 is 1.80 bits per heavy atom. The molecule has 0 amide bonds. The molecule has 0 rings (SSSR count). The lowest BCUT2D eigenvalue weighted by molar-refractivity contribution is -0.328. The van der Waals surface area contributed by atoms with Crippen molar-refractivity contribution in [3.05, 3.63) is 11.3 Å². The van der Waals surface area contributed by atoms with E-state index in [0.29, 0.717) is 6.42 Å². The summed E-state index contributed by atoms with van der Waals surface area (Å²) in [6.45, 7) is 10.2.